The lowest BCUT2D eigenvalue weighted by Crippen LogP contribution is -2.30. The molecule has 0 saturated carbocycles. The predicted molar refractivity (Wildman–Crippen MR) is 84.6 cm³/mol. The summed E-state index contributed by atoms with van der Waals surface area (Å²) in [5.74, 6) is -2.06. The summed E-state index contributed by atoms with van der Waals surface area (Å²) in [7, 11) is 0. The van der Waals surface area contributed by atoms with E-state index in [-0.39, 0.29) is 18.8 Å². The van der Waals surface area contributed by atoms with Crippen LogP contribution in [-0.4, -0.2) is 18.2 Å². The maximum atomic E-state index is 12.2. The molecule has 0 saturated heterocycles. The Morgan fingerprint density at radius 1 is 0.960 bits per heavy atom. The summed E-state index contributed by atoms with van der Waals surface area (Å²) in [4.78, 5) is 22.5. The number of hydrogen-bond acceptors (Lipinski definition) is 3. The van der Waals surface area contributed by atoms with E-state index in [9.17, 15) is 22.8 Å². The van der Waals surface area contributed by atoms with Gasteiger partial charge < -0.3 is 15.4 Å². The monoisotopic (exact) mass is 352 g/mol. The average molecular weight is 352 g/mol. The molecule has 2 rings (SSSR count). The van der Waals surface area contributed by atoms with Crippen molar-refractivity contribution in [3.05, 3.63) is 65.7 Å². The fourth-order valence-corrected chi connectivity index (χ4v) is 1.91. The molecule has 2 N–H and O–H groups in total. The molecule has 0 aromatic heterocycles. The van der Waals surface area contributed by atoms with E-state index in [2.05, 4.69) is 5.32 Å². The normalized spacial score (nSPS) is 10.8. The first-order valence-electron chi connectivity index (χ1n) is 7.26. The Labute approximate surface area is 141 Å². The molecule has 0 bridgehead atoms. The molecule has 0 aliphatic heterocycles. The van der Waals surface area contributed by atoms with Gasteiger partial charge in [-0.05, 0) is 23.3 Å². The lowest BCUT2D eigenvalue weighted by Gasteiger charge is -2.10. The first-order chi connectivity index (χ1) is 11.8. The van der Waals surface area contributed by atoms with Crippen LogP contribution >= 0.6 is 0 Å². The van der Waals surface area contributed by atoms with E-state index in [1.54, 1.807) is 23.5 Å². The highest BCUT2D eigenvalue weighted by atomic mass is 19.4. The molecule has 25 heavy (non-hydrogen) atoms. The van der Waals surface area contributed by atoms with Crippen LogP contribution in [0.4, 0.5) is 23.7 Å². The molecule has 0 fully saturated rings. The highest BCUT2D eigenvalue weighted by molar-refractivity contribution is 5.94. The van der Waals surface area contributed by atoms with E-state index in [4.69, 9.17) is 4.74 Å². The van der Waals surface area contributed by atoms with Crippen molar-refractivity contribution in [3.8, 4) is 0 Å². The third-order valence-corrected chi connectivity index (χ3v) is 3.09. The van der Waals surface area contributed by atoms with Gasteiger partial charge in [0.2, 0.25) is 0 Å². The smallest absolute Gasteiger partial charge is 0.445 e. The standard InChI is InChI=1S/C17H15F3N2O3/c18-17(19,20)15(23)22-14-8-4-7-13(9-14)10-21-16(24)25-11-12-5-2-1-3-6-12/h1-9H,10-11H2,(H,21,24)(H,22,23). The molecule has 0 heterocycles. The number of carbonyl (C=O) groups is 2. The molecule has 0 aliphatic rings. The number of benzene rings is 2. The number of ether oxygens (including phenoxy) is 1. The van der Waals surface area contributed by atoms with Crippen molar-refractivity contribution in [1.82, 2.24) is 5.32 Å². The molecule has 0 radical (unpaired) electrons. The van der Waals surface area contributed by atoms with Gasteiger partial charge in [0.25, 0.3) is 0 Å². The molecule has 132 valence electrons. The Kier molecular flexibility index (Phi) is 5.99. The van der Waals surface area contributed by atoms with E-state index in [1.165, 1.54) is 18.2 Å². The number of rotatable bonds is 5. The van der Waals surface area contributed by atoms with Crippen LogP contribution in [0.1, 0.15) is 11.1 Å². The number of anilines is 1. The number of carbonyl (C=O) groups excluding carboxylic acids is 2. The molecule has 0 aliphatic carbocycles. The highest BCUT2D eigenvalue weighted by Gasteiger charge is 2.38. The third-order valence-electron chi connectivity index (χ3n) is 3.09. The first kappa shape index (κ1) is 18.3. The van der Waals surface area contributed by atoms with Crippen molar-refractivity contribution in [2.45, 2.75) is 19.3 Å². The van der Waals surface area contributed by atoms with Crippen molar-refractivity contribution in [2.24, 2.45) is 0 Å². The van der Waals surface area contributed by atoms with Gasteiger partial charge in [-0.15, -0.1) is 0 Å². The van der Waals surface area contributed by atoms with Crippen molar-refractivity contribution < 1.29 is 27.5 Å². The summed E-state index contributed by atoms with van der Waals surface area (Å²) < 4.78 is 41.7. The number of hydrogen-bond donors (Lipinski definition) is 2. The molecule has 2 amide bonds. The number of halogens is 3. The summed E-state index contributed by atoms with van der Waals surface area (Å²) in [5.41, 5.74) is 1.32. The fraction of sp³-hybridized carbons (Fsp3) is 0.176. The Morgan fingerprint density at radius 3 is 2.32 bits per heavy atom. The summed E-state index contributed by atoms with van der Waals surface area (Å²) >= 11 is 0. The largest absolute Gasteiger partial charge is 0.471 e. The molecule has 2 aromatic carbocycles. The summed E-state index contributed by atoms with van der Waals surface area (Å²) in [6, 6.07) is 14.8. The van der Waals surface area contributed by atoms with Crippen LogP contribution in [-0.2, 0) is 22.7 Å². The van der Waals surface area contributed by atoms with Gasteiger partial charge >= 0.3 is 18.2 Å². The zero-order chi connectivity index (χ0) is 18.3. The zero-order valence-corrected chi connectivity index (χ0v) is 13.0. The molecule has 0 spiro atoms. The van der Waals surface area contributed by atoms with Gasteiger partial charge in [0.15, 0.2) is 0 Å². The van der Waals surface area contributed by atoms with Crippen molar-refractivity contribution in [3.63, 3.8) is 0 Å². The van der Waals surface area contributed by atoms with Gasteiger partial charge in [-0.2, -0.15) is 13.2 Å². The van der Waals surface area contributed by atoms with Crippen LogP contribution in [0.5, 0.6) is 0 Å². The zero-order valence-electron chi connectivity index (χ0n) is 13.0. The predicted octanol–water partition coefficient (Wildman–Crippen LogP) is 3.61. The second-order valence-electron chi connectivity index (χ2n) is 5.07. The first-order valence-corrected chi connectivity index (χ1v) is 7.26. The fourth-order valence-electron chi connectivity index (χ4n) is 1.91. The molecular weight excluding hydrogens is 337 g/mol. The minimum Gasteiger partial charge on any atom is -0.445 e. The van der Waals surface area contributed by atoms with Crippen LogP contribution < -0.4 is 10.6 Å². The van der Waals surface area contributed by atoms with E-state index in [0.717, 1.165) is 5.56 Å². The molecule has 5 nitrogen and oxygen atoms in total. The Balaban J connectivity index is 1.83. The van der Waals surface area contributed by atoms with Gasteiger partial charge in [0, 0.05) is 12.2 Å². The van der Waals surface area contributed by atoms with E-state index in [0.29, 0.717) is 5.56 Å². The second-order valence-corrected chi connectivity index (χ2v) is 5.07. The van der Waals surface area contributed by atoms with E-state index >= 15 is 0 Å². The summed E-state index contributed by atoms with van der Waals surface area (Å²) in [6.07, 6.45) is -5.62. The molecular formula is C17H15F3N2O3. The van der Waals surface area contributed by atoms with Crippen molar-refractivity contribution >= 4 is 17.7 Å². The molecule has 8 heteroatoms. The Hall–Kier alpha value is -3.03. The van der Waals surface area contributed by atoms with E-state index < -0.39 is 18.2 Å². The average Bonchev–Trinajstić information content (AvgIpc) is 2.58. The molecule has 2 aromatic rings. The quantitative estimate of drug-likeness (QED) is 0.864. The van der Waals surface area contributed by atoms with Gasteiger partial charge in [-0.25, -0.2) is 4.79 Å². The lowest BCUT2D eigenvalue weighted by molar-refractivity contribution is -0.167. The highest BCUT2D eigenvalue weighted by Crippen LogP contribution is 2.18. The van der Waals surface area contributed by atoms with Crippen LogP contribution in [0, 0.1) is 0 Å². The molecule has 0 unspecified atom stereocenters. The number of alkyl carbamates (subject to hydrolysis) is 1. The van der Waals surface area contributed by atoms with Crippen molar-refractivity contribution in [1.29, 1.82) is 0 Å². The second kappa shape index (κ2) is 8.18. The van der Waals surface area contributed by atoms with Gasteiger partial charge in [0.05, 0.1) is 0 Å². The van der Waals surface area contributed by atoms with Crippen LogP contribution in [0.3, 0.4) is 0 Å². The Bertz CT molecular complexity index is 733. The number of alkyl halides is 3. The summed E-state index contributed by atoms with van der Waals surface area (Å²) in [5, 5.41) is 4.23. The topological polar surface area (TPSA) is 67.4 Å². The molecule has 0 atom stereocenters. The van der Waals surface area contributed by atoms with Crippen LogP contribution in [0.2, 0.25) is 0 Å². The SMILES string of the molecule is O=C(NCc1cccc(NC(=O)C(F)(F)F)c1)OCc1ccccc1. The van der Waals surface area contributed by atoms with Crippen molar-refractivity contribution in [2.75, 3.05) is 5.32 Å². The number of nitrogens with one attached hydrogen (secondary N) is 2. The summed E-state index contributed by atoms with van der Waals surface area (Å²) in [6.45, 7) is 0.151. The Morgan fingerprint density at radius 2 is 1.64 bits per heavy atom. The van der Waals surface area contributed by atoms with Gasteiger partial charge in [-0.1, -0.05) is 42.5 Å². The van der Waals surface area contributed by atoms with Crippen LogP contribution in [0.15, 0.2) is 54.6 Å². The maximum Gasteiger partial charge on any atom is 0.471 e. The van der Waals surface area contributed by atoms with Gasteiger partial charge in [0.1, 0.15) is 6.61 Å². The minimum atomic E-state index is -4.96. The maximum absolute atomic E-state index is 12.2. The lowest BCUT2D eigenvalue weighted by atomic mass is 10.2. The van der Waals surface area contributed by atoms with Crippen LogP contribution in [0.25, 0.3) is 0 Å². The van der Waals surface area contributed by atoms with E-state index in [1.807, 2.05) is 18.2 Å². The minimum absolute atomic E-state index is 0.0146. The number of amides is 2. The third kappa shape index (κ3) is 6.17. The van der Waals surface area contributed by atoms with Gasteiger partial charge in [-0.3, -0.25) is 4.79 Å².